The van der Waals surface area contributed by atoms with Gasteiger partial charge in [0, 0.05) is 15.5 Å². The van der Waals surface area contributed by atoms with E-state index in [-0.39, 0.29) is 18.9 Å². The van der Waals surface area contributed by atoms with Gasteiger partial charge < -0.3 is 15.6 Å². The first-order chi connectivity index (χ1) is 9.36. The SMILES string of the molecule is CCOC(=O)[C@H](O)C[C@H](N)[C@@H](C)c1ccc(Br)cc1Cl. The molecule has 0 bridgehead atoms. The van der Waals surface area contributed by atoms with Gasteiger partial charge in [0.2, 0.25) is 0 Å². The number of aliphatic hydroxyl groups is 1. The van der Waals surface area contributed by atoms with Gasteiger partial charge in [0.1, 0.15) is 0 Å². The van der Waals surface area contributed by atoms with Crippen LogP contribution in [0, 0.1) is 0 Å². The molecule has 0 aliphatic rings. The number of carbonyl (C=O) groups is 1. The quantitative estimate of drug-likeness (QED) is 0.761. The second-order valence-corrected chi connectivity index (χ2v) is 5.94. The Morgan fingerprint density at radius 1 is 1.55 bits per heavy atom. The number of hydrogen-bond acceptors (Lipinski definition) is 4. The molecule has 0 unspecified atom stereocenters. The molecule has 6 heteroatoms. The van der Waals surface area contributed by atoms with Crippen molar-refractivity contribution >= 4 is 33.5 Å². The van der Waals surface area contributed by atoms with E-state index >= 15 is 0 Å². The van der Waals surface area contributed by atoms with Crippen molar-refractivity contribution in [2.45, 2.75) is 38.3 Å². The number of ether oxygens (including phenoxy) is 1. The van der Waals surface area contributed by atoms with Crippen LogP contribution in [0.2, 0.25) is 5.02 Å². The van der Waals surface area contributed by atoms with E-state index in [0.717, 1.165) is 10.0 Å². The summed E-state index contributed by atoms with van der Waals surface area (Å²) in [6, 6.07) is 5.16. The van der Waals surface area contributed by atoms with Crippen LogP contribution in [0.15, 0.2) is 22.7 Å². The predicted molar refractivity (Wildman–Crippen MR) is 82.8 cm³/mol. The molecule has 0 aromatic heterocycles. The number of benzene rings is 1. The average Bonchev–Trinajstić information content (AvgIpc) is 2.38. The highest BCUT2D eigenvalue weighted by atomic mass is 79.9. The number of esters is 1. The van der Waals surface area contributed by atoms with Gasteiger partial charge in [-0.1, -0.05) is 40.5 Å². The van der Waals surface area contributed by atoms with Crippen molar-refractivity contribution in [2.75, 3.05) is 6.61 Å². The van der Waals surface area contributed by atoms with E-state index in [1.807, 2.05) is 19.1 Å². The van der Waals surface area contributed by atoms with Crippen LogP contribution in [0.4, 0.5) is 0 Å². The number of nitrogens with two attached hydrogens (primary N) is 1. The largest absolute Gasteiger partial charge is 0.464 e. The molecule has 4 nitrogen and oxygen atoms in total. The van der Waals surface area contributed by atoms with E-state index in [9.17, 15) is 9.90 Å². The van der Waals surface area contributed by atoms with E-state index in [2.05, 4.69) is 15.9 Å². The summed E-state index contributed by atoms with van der Waals surface area (Å²) in [5.41, 5.74) is 6.94. The van der Waals surface area contributed by atoms with Crippen LogP contribution in [-0.4, -0.2) is 29.8 Å². The van der Waals surface area contributed by atoms with Gasteiger partial charge in [-0.25, -0.2) is 4.79 Å². The molecule has 0 amide bonds. The maximum absolute atomic E-state index is 11.4. The molecule has 0 aliphatic carbocycles. The predicted octanol–water partition coefficient (Wildman–Crippen LogP) is 2.85. The van der Waals surface area contributed by atoms with Crippen LogP contribution < -0.4 is 5.73 Å². The Bertz CT molecular complexity index is 470. The monoisotopic (exact) mass is 363 g/mol. The highest BCUT2D eigenvalue weighted by Gasteiger charge is 2.24. The molecular formula is C14H19BrClNO3. The molecule has 0 radical (unpaired) electrons. The molecule has 0 spiro atoms. The van der Waals surface area contributed by atoms with Crippen LogP contribution in [0.5, 0.6) is 0 Å². The lowest BCUT2D eigenvalue weighted by molar-refractivity contribution is -0.153. The van der Waals surface area contributed by atoms with Gasteiger partial charge in [0.15, 0.2) is 6.10 Å². The molecule has 0 saturated heterocycles. The first-order valence-electron chi connectivity index (χ1n) is 6.42. The van der Waals surface area contributed by atoms with Crippen molar-refractivity contribution in [2.24, 2.45) is 5.73 Å². The lowest BCUT2D eigenvalue weighted by Crippen LogP contribution is -2.35. The summed E-state index contributed by atoms with van der Waals surface area (Å²) in [7, 11) is 0. The highest BCUT2D eigenvalue weighted by Crippen LogP contribution is 2.30. The molecule has 0 heterocycles. The molecule has 0 fully saturated rings. The van der Waals surface area contributed by atoms with Gasteiger partial charge in [0.05, 0.1) is 6.61 Å². The van der Waals surface area contributed by atoms with E-state index in [4.69, 9.17) is 22.1 Å². The lowest BCUT2D eigenvalue weighted by Gasteiger charge is -2.23. The zero-order chi connectivity index (χ0) is 15.3. The normalized spacial score (nSPS) is 15.5. The van der Waals surface area contributed by atoms with E-state index in [1.54, 1.807) is 13.0 Å². The second-order valence-electron chi connectivity index (χ2n) is 4.62. The summed E-state index contributed by atoms with van der Waals surface area (Å²) in [6.45, 7) is 3.84. The maximum atomic E-state index is 11.4. The van der Waals surface area contributed by atoms with Crippen LogP contribution in [0.25, 0.3) is 0 Å². The first-order valence-corrected chi connectivity index (χ1v) is 7.59. The van der Waals surface area contributed by atoms with Gasteiger partial charge in [-0.15, -0.1) is 0 Å². The highest BCUT2D eigenvalue weighted by molar-refractivity contribution is 9.10. The smallest absolute Gasteiger partial charge is 0.335 e. The number of hydrogen-bond donors (Lipinski definition) is 2. The van der Waals surface area contributed by atoms with Gasteiger partial charge in [-0.05, 0) is 37.0 Å². The molecular weight excluding hydrogens is 346 g/mol. The molecule has 0 saturated carbocycles. The molecule has 1 aromatic rings. The van der Waals surface area contributed by atoms with Gasteiger partial charge in [0.25, 0.3) is 0 Å². The van der Waals surface area contributed by atoms with Crippen molar-refractivity contribution in [1.29, 1.82) is 0 Å². The number of carbonyl (C=O) groups excluding carboxylic acids is 1. The van der Waals surface area contributed by atoms with Crippen molar-refractivity contribution in [3.63, 3.8) is 0 Å². The third kappa shape index (κ3) is 4.74. The van der Waals surface area contributed by atoms with Crippen LogP contribution in [0.3, 0.4) is 0 Å². The Hall–Kier alpha value is -0.620. The topological polar surface area (TPSA) is 72.5 Å². The molecule has 0 aliphatic heterocycles. The van der Waals surface area contributed by atoms with Gasteiger partial charge in [-0.2, -0.15) is 0 Å². The summed E-state index contributed by atoms with van der Waals surface area (Å²) >= 11 is 9.52. The van der Waals surface area contributed by atoms with Gasteiger partial charge in [-0.3, -0.25) is 0 Å². The molecule has 1 rings (SSSR count). The summed E-state index contributed by atoms with van der Waals surface area (Å²) in [5, 5.41) is 10.3. The molecule has 3 N–H and O–H groups in total. The van der Waals surface area contributed by atoms with Crippen molar-refractivity contribution in [3.05, 3.63) is 33.3 Å². The third-order valence-corrected chi connectivity index (χ3v) is 3.97. The van der Waals surface area contributed by atoms with Crippen molar-refractivity contribution in [3.8, 4) is 0 Å². The van der Waals surface area contributed by atoms with Crippen LogP contribution >= 0.6 is 27.5 Å². The summed E-state index contributed by atoms with van der Waals surface area (Å²) < 4.78 is 5.64. The first kappa shape index (κ1) is 17.4. The Kier molecular flexibility index (Phi) is 6.95. The molecule has 112 valence electrons. The molecule has 20 heavy (non-hydrogen) atoms. The summed E-state index contributed by atoms with van der Waals surface area (Å²) in [6.07, 6.45) is -1.08. The third-order valence-electron chi connectivity index (χ3n) is 3.15. The zero-order valence-corrected chi connectivity index (χ0v) is 13.8. The summed E-state index contributed by atoms with van der Waals surface area (Å²) in [4.78, 5) is 11.4. The maximum Gasteiger partial charge on any atom is 0.335 e. The van der Waals surface area contributed by atoms with Crippen molar-refractivity contribution in [1.82, 2.24) is 0 Å². The number of rotatable bonds is 6. The van der Waals surface area contributed by atoms with Crippen LogP contribution in [-0.2, 0) is 9.53 Å². The Balaban J connectivity index is 2.71. The standard InChI is InChI=1S/C14H19BrClNO3/c1-3-20-14(19)13(18)7-12(17)8(2)10-5-4-9(15)6-11(10)16/h4-6,8,12-13,18H,3,7,17H2,1-2H3/t8-,12-,13+/m0/s1. The summed E-state index contributed by atoms with van der Waals surface area (Å²) in [5.74, 6) is -0.725. The minimum Gasteiger partial charge on any atom is -0.464 e. The van der Waals surface area contributed by atoms with Gasteiger partial charge >= 0.3 is 5.97 Å². The Labute approximate surface area is 132 Å². The fourth-order valence-electron chi connectivity index (χ4n) is 1.90. The van der Waals surface area contributed by atoms with Crippen molar-refractivity contribution < 1.29 is 14.6 Å². The minimum absolute atomic E-state index is 0.0836. The Morgan fingerprint density at radius 2 is 2.20 bits per heavy atom. The molecule has 1 aromatic carbocycles. The molecule has 3 atom stereocenters. The fourth-order valence-corrected chi connectivity index (χ4v) is 2.74. The minimum atomic E-state index is -1.21. The lowest BCUT2D eigenvalue weighted by atomic mass is 9.90. The zero-order valence-electron chi connectivity index (χ0n) is 11.5. The second kappa shape index (κ2) is 7.98. The average molecular weight is 365 g/mol. The van der Waals surface area contributed by atoms with Crippen LogP contribution in [0.1, 0.15) is 31.7 Å². The number of halogens is 2. The van der Waals surface area contributed by atoms with E-state index in [1.165, 1.54) is 0 Å². The van der Waals surface area contributed by atoms with E-state index in [0.29, 0.717) is 5.02 Å². The Morgan fingerprint density at radius 3 is 2.75 bits per heavy atom. The number of aliphatic hydroxyl groups excluding tert-OH is 1. The van der Waals surface area contributed by atoms with E-state index < -0.39 is 18.1 Å². The fraction of sp³-hybridized carbons (Fsp3) is 0.500.